The number of aliphatic hydroxyl groups excluding tert-OH is 1. The highest BCUT2D eigenvalue weighted by Gasteiger charge is 2.13. The Morgan fingerprint density at radius 2 is 2.31 bits per heavy atom. The first kappa shape index (κ1) is 12.6. The first-order valence-electron chi connectivity index (χ1n) is 5.51. The molecular formula is C12H18N2O2. The third-order valence-electron chi connectivity index (χ3n) is 2.40. The van der Waals surface area contributed by atoms with Gasteiger partial charge in [-0.1, -0.05) is 0 Å². The molecule has 0 aliphatic heterocycles. The maximum absolute atomic E-state index is 12.1. The number of aryl methyl sites for hydroxylation is 1. The maximum atomic E-state index is 12.1. The predicted molar refractivity (Wildman–Crippen MR) is 62.3 cm³/mol. The molecule has 0 aromatic carbocycles. The van der Waals surface area contributed by atoms with Crippen molar-refractivity contribution in [2.45, 2.75) is 20.3 Å². The van der Waals surface area contributed by atoms with Crippen molar-refractivity contribution in [2.75, 3.05) is 19.7 Å². The second kappa shape index (κ2) is 6.23. The second-order valence-electron chi connectivity index (χ2n) is 3.65. The number of carbonyl (C=O) groups excluding carboxylic acids is 1. The van der Waals surface area contributed by atoms with Gasteiger partial charge in [-0.2, -0.15) is 0 Å². The molecule has 0 unspecified atom stereocenters. The lowest BCUT2D eigenvalue weighted by Crippen LogP contribution is -2.32. The molecule has 0 bridgehead atoms. The Hall–Kier alpha value is -1.42. The Morgan fingerprint density at radius 1 is 1.56 bits per heavy atom. The van der Waals surface area contributed by atoms with Gasteiger partial charge in [-0.05, 0) is 32.4 Å². The molecule has 0 saturated carbocycles. The summed E-state index contributed by atoms with van der Waals surface area (Å²) in [6, 6.07) is 3.50. The van der Waals surface area contributed by atoms with Crippen LogP contribution in [-0.4, -0.2) is 40.6 Å². The van der Waals surface area contributed by atoms with Crippen LogP contribution in [0.5, 0.6) is 0 Å². The van der Waals surface area contributed by atoms with Gasteiger partial charge in [0.25, 0.3) is 5.91 Å². The van der Waals surface area contributed by atoms with Crippen LogP contribution in [0.1, 0.15) is 29.4 Å². The van der Waals surface area contributed by atoms with E-state index in [0.29, 0.717) is 25.1 Å². The average molecular weight is 222 g/mol. The molecule has 0 aliphatic rings. The van der Waals surface area contributed by atoms with Crippen molar-refractivity contribution < 1.29 is 9.90 Å². The summed E-state index contributed by atoms with van der Waals surface area (Å²) in [6.45, 7) is 5.15. The van der Waals surface area contributed by atoms with Crippen LogP contribution in [0.3, 0.4) is 0 Å². The van der Waals surface area contributed by atoms with Gasteiger partial charge in [-0.25, -0.2) is 0 Å². The highest BCUT2D eigenvalue weighted by molar-refractivity contribution is 5.94. The monoisotopic (exact) mass is 222 g/mol. The molecule has 88 valence electrons. The van der Waals surface area contributed by atoms with Crippen LogP contribution < -0.4 is 0 Å². The van der Waals surface area contributed by atoms with E-state index in [0.717, 1.165) is 5.69 Å². The molecule has 4 heteroatoms. The number of hydrogen-bond acceptors (Lipinski definition) is 3. The molecule has 16 heavy (non-hydrogen) atoms. The zero-order valence-electron chi connectivity index (χ0n) is 9.81. The van der Waals surface area contributed by atoms with E-state index in [1.54, 1.807) is 23.2 Å². The summed E-state index contributed by atoms with van der Waals surface area (Å²) in [7, 11) is 0. The van der Waals surface area contributed by atoms with Crippen molar-refractivity contribution >= 4 is 5.91 Å². The van der Waals surface area contributed by atoms with Gasteiger partial charge in [0.15, 0.2) is 0 Å². The van der Waals surface area contributed by atoms with Gasteiger partial charge in [-0.3, -0.25) is 9.78 Å². The van der Waals surface area contributed by atoms with Gasteiger partial charge in [0.1, 0.15) is 0 Å². The van der Waals surface area contributed by atoms with E-state index < -0.39 is 0 Å². The van der Waals surface area contributed by atoms with Gasteiger partial charge in [0.2, 0.25) is 0 Å². The molecular weight excluding hydrogens is 204 g/mol. The largest absolute Gasteiger partial charge is 0.396 e. The fourth-order valence-electron chi connectivity index (χ4n) is 1.53. The first-order chi connectivity index (χ1) is 7.69. The van der Waals surface area contributed by atoms with Gasteiger partial charge >= 0.3 is 0 Å². The highest BCUT2D eigenvalue weighted by atomic mass is 16.3. The topological polar surface area (TPSA) is 53.4 Å². The summed E-state index contributed by atoms with van der Waals surface area (Å²) in [5.74, 6) is 0.00134. The quantitative estimate of drug-likeness (QED) is 0.815. The van der Waals surface area contributed by atoms with Gasteiger partial charge < -0.3 is 10.0 Å². The van der Waals surface area contributed by atoms with E-state index in [-0.39, 0.29) is 12.5 Å². The van der Waals surface area contributed by atoms with E-state index >= 15 is 0 Å². The molecule has 0 aliphatic carbocycles. The minimum atomic E-state index is 0.00134. The number of carbonyl (C=O) groups is 1. The summed E-state index contributed by atoms with van der Waals surface area (Å²) in [5.41, 5.74) is 1.50. The van der Waals surface area contributed by atoms with Gasteiger partial charge in [0, 0.05) is 37.2 Å². The lowest BCUT2D eigenvalue weighted by atomic mass is 10.2. The minimum absolute atomic E-state index is 0.00134. The van der Waals surface area contributed by atoms with Crippen LogP contribution >= 0.6 is 0 Å². The highest BCUT2D eigenvalue weighted by Crippen LogP contribution is 2.06. The molecule has 0 spiro atoms. The Kier molecular flexibility index (Phi) is 4.92. The predicted octanol–water partition coefficient (Wildman–Crippen LogP) is 1.23. The fourth-order valence-corrected chi connectivity index (χ4v) is 1.53. The van der Waals surface area contributed by atoms with Crippen molar-refractivity contribution in [2.24, 2.45) is 0 Å². The molecule has 1 aromatic rings. The van der Waals surface area contributed by atoms with Crippen LogP contribution in [0, 0.1) is 6.92 Å². The lowest BCUT2D eigenvalue weighted by Gasteiger charge is -2.20. The first-order valence-corrected chi connectivity index (χ1v) is 5.51. The number of pyridine rings is 1. The SMILES string of the molecule is CCN(CCCO)C(=O)c1ccnc(C)c1. The second-order valence-corrected chi connectivity index (χ2v) is 3.65. The van der Waals surface area contributed by atoms with Crippen molar-refractivity contribution in [3.63, 3.8) is 0 Å². The van der Waals surface area contributed by atoms with E-state index in [9.17, 15) is 4.79 Å². The fraction of sp³-hybridized carbons (Fsp3) is 0.500. The van der Waals surface area contributed by atoms with Crippen molar-refractivity contribution in [1.82, 2.24) is 9.88 Å². The Morgan fingerprint density at radius 3 is 2.88 bits per heavy atom. The third-order valence-corrected chi connectivity index (χ3v) is 2.40. The van der Waals surface area contributed by atoms with E-state index in [4.69, 9.17) is 5.11 Å². The number of aromatic nitrogens is 1. The standard InChI is InChI=1S/C12H18N2O2/c1-3-14(7-4-8-15)12(16)11-5-6-13-10(2)9-11/h5-6,9,15H,3-4,7-8H2,1-2H3. The van der Waals surface area contributed by atoms with E-state index in [2.05, 4.69) is 4.98 Å². The van der Waals surface area contributed by atoms with Crippen molar-refractivity contribution in [3.8, 4) is 0 Å². The number of nitrogens with zero attached hydrogens (tertiary/aromatic N) is 2. The third kappa shape index (κ3) is 3.31. The van der Waals surface area contributed by atoms with Crippen LogP contribution in [0.15, 0.2) is 18.3 Å². The molecule has 0 atom stereocenters. The molecule has 0 radical (unpaired) electrons. The normalized spacial score (nSPS) is 10.2. The number of aliphatic hydroxyl groups is 1. The molecule has 1 rings (SSSR count). The summed E-state index contributed by atoms with van der Waals surface area (Å²) in [4.78, 5) is 17.8. The molecule has 0 fully saturated rings. The van der Waals surface area contributed by atoms with Gasteiger partial charge in [0.05, 0.1) is 0 Å². The molecule has 1 heterocycles. The van der Waals surface area contributed by atoms with Crippen LogP contribution in [-0.2, 0) is 0 Å². The molecule has 1 amide bonds. The van der Waals surface area contributed by atoms with Crippen molar-refractivity contribution in [1.29, 1.82) is 0 Å². The van der Waals surface area contributed by atoms with Crippen LogP contribution in [0.2, 0.25) is 0 Å². The number of amides is 1. The average Bonchev–Trinajstić information content (AvgIpc) is 2.29. The molecule has 0 saturated heterocycles. The lowest BCUT2D eigenvalue weighted by molar-refractivity contribution is 0.0754. The smallest absolute Gasteiger partial charge is 0.253 e. The van der Waals surface area contributed by atoms with E-state index in [1.807, 2.05) is 13.8 Å². The van der Waals surface area contributed by atoms with Crippen LogP contribution in [0.4, 0.5) is 0 Å². The number of rotatable bonds is 5. The Bertz CT molecular complexity index is 353. The summed E-state index contributed by atoms with van der Waals surface area (Å²) < 4.78 is 0. The maximum Gasteiger partial charge on any atom is 0.253 e. The van der Waals surface area contributed by atoms with E-state index in [1.165, 1.54) is 0 Å². The zero-order chi connectivity index (χ0) is 12.0. The zero-order valence-corrected chi connectivity index (χ0v) is 9.81. The van der Waals surface area contributed by atoms with Gasteiger partial charge in [-0.15, -0.1) is 0 Å². The summed E-state index contributed by atoms with van der Waals surface area (Å²) >= 11 is 0. The summed E-state index contributed by atoms with van der Waals surface area (Å²) in [5, 5.41) is 8.76. The molecule has 1 aromatic heterocycles. The van der Waals surface area contributed by atoms with Crippen molar-refractivity contribution in [3.05, 3.63) is 29.6 Å². The summed E-state index contributed by atoms with van der Waals surface area (Å²) in [6.07, 6.45) is 2.26. The Labute approximate surface area is 95.9 Å². The minimum Gasteiger partial charge on any atom is -0.396 e. The molecule has 1 N–H and O–H groups in total. The van der Waals surface area contributed by atoms with Crippen LogP contribution in [0.25, 0.3) is 0 Å². The number of hydrogen-bond donors (Lipinski definition) is 1. The Balaban J connectivity index is 2.74. The molecule has 4 nitrogen and oxygen atoms in total.